The molecule has 1 aromatic carbocycles. The molecule has 2 aromatic rings. The Labute approximate surface area is 147 Å². The van der Waals surface area contributed by atoms with Crippen molar-refractivity contribution in [1.82, 2.24) is 9.88 Å². The minimum Gasteiger partial charge on any atom is -0.368 e. The lowest BCUT2D eigenvalue weighted by Gasteiger charge is -2.33. The van der Waals surface area contributed by atoms with Crippen molar-refractivity contribution >= 4 is 11.7 Å². The monoisotopic (exact) mass is 343 g/mol. The number of hydrogen-bond acceptors (Lipinski definition) is 4. The molecule has 5 nitrogen and oxygen atoms in total. The van der Waals surface area contributed by atoms with E-state index >= 15 is 0 Å². The number of carbonyl (C=O) groups excluding carboxylic acids is 1. The van der Waals surface area contributed by atoms with Gasteiger partial charge in [-0.15, -0.1) is 0 Å². The second kappa shape index (κ2) is 7.61. The van der Waals surface area contributed by atoms with Gasteiger partial charge in [-0.1, -0.05) is 18.2 Å². The number of hydrogen-bond donors (Lipinski definition) is 0. The van der Waals surface area contributed by atoms with Crippen molar-refractivity contribution in [2.24, 2.45) is 0 Å². The van der Waals surface area contributed by atoms with Gasteiger partial charge >= 0.3 is 0 Å². The molecule has 1 fully saturated rings. The van der Waals surface area contributed by atoms with Crippen molar-refractivity contribution in [3.05, 3.63) is 59.5 Å². The third kappa shape index (κ3) is 4.33. The molecule has 1 aliphatic heterocycles. The molecule has 0 N–H and O–H groups in total. The molecular weight excluding hydrogens is 321 g/mol. The summed E-state index contributed by atoms with van der Waals surface area (Å²) < 4.78 is 18.8. The van der Waals surface area contributed by atoms with Gasteiger partial charge in [0, 0.05) is 20.6 Å². The molecule has 0 radical (unpaired) electrons. The van der Waals surface area contributed by atoms with Crippen LogP contribution in [0.1, 0.15) is 17.4 Å². The summed E-state index contributed by atoms with van der Waals surface area (Å²) >= 11 is 0. The average Bonchev–Trinajstić information content (AvgIpc) is 2.64. The molecule has 0 unspecified atom stereocenters. The number of morpholine rings is 1. The number of aromatic nitrogens is 1. The van der Waals surface area contributed by atoms with Crippen LogP contribution >= 0.6 is 0 Å². The smallest absolute Gasteiger partial charge is 0.227 e. The Morgan fingerprint density at radius 1 is 1.28 bits per heavy atom. The second-order valence-electron chi connectivity index (χ2n) is 6.32. The molecule has 1 amide bonds. The van der Waals surface area contributed by atoms with Gasteiger partial charge in [-0.2, -0.15) is 0 Å². The van der Waals surface area contributed by atoms with Gasteiger partial charge in [-0.05, 0) is 29.8 Å². The van der Waals surface area contributed by atoms with Gasteiger partial charge in [0.15, 0.2) is 0 Å². The number of halogens is 1. The van der Waals surface area contributed by atoms with Crippen molar-refractivity contribution in [3.63, 3.8) is 0 Å². The Kier molecular flexibility index (Phi) is 5.28. The zero-order chi connectivity index (χ0) is 17.8. The van der Waals surface area contributed by atoms with Crippen LogP contribution < -0.4 is 4.90 Å². The van der Waals surface area contributed by atoms with Crippen LogP contribution in [0.4, 0.5) is 10.2 Å². The first-order valence-electron chi connectivity index (χ1n) is 8.31. The first kappa shape index (κ1) is 17.4. The molecule has 132 valence electrons. The largest absolute Gasteiger partial charge is 0.368 e. The van der Waals surface area contributed by atoms with Crippen molar-refractivity contribution in [2.75, 3.05) is 38.7 Å². The molecule has 6 heteroatoms. The standard InChI is InChI=1S/C19H22FN3O2/c1-22(2)18-5-3-4-16(21-18)17-13-23(10-11-25-17)19(24)12-14-6-8-15(20)9-7-14/h3-9,17H,10-13H2,1-2H3/t17-/m1/s1. The topological polar surface area (TPSA) is 45.7 Å². The third-order valence-electron chi connectivity index (χ3n) is 4.23. The molecule has 1 saturated heterocycles. The van der Waals surface area contributed by atoms with E-state index in [0.717, 1.165) is 17.1 Å². The van der Waals surface area contributed by atoms with Crippen LogP contribution in [0, 0.1) is 5.82 Å². The lowest BCUT2D eigenvalue weighted by atomic mass is 10.1. The van der Waals surface area contributed by atoms with Crippen molar-refractivity contribution in [1.29, 1.82) is 0 Å². The second-order valence-corrected chi connectivity index (χ2v) is 6.32. The van der Waals surface area contributed by atoms with Gasteiger partial charge in [0.1, 0.15) is 17.7 Å². The summed E-state index contributed by atoms with van der Waals surface area (Å²) in [4.78, 5) is 20.9. The normalized spacial score (nSPS) is 17.4. The number of pyridine rings is 1. The van der Waals surface area contributed by atoms with Crippen LogP contribution in [0.25, 0.3) is 0 Å². The van der Waals surface area contributed by atoms with Crippen LogP contribution in [0.15, 0.2) is 42.5 Å². The zero-order valence-electron chi connectivity index (χ0n) is 14.5. The number of anilines is 1. The van der Waals surface area contributed by atoms with Gasteiger partial charge in [-0.25, -0.2) is 9.37 Å². The highest BCUT2D eigenvalue weighted by molar-refractivity contribution is 5.78. The molecule has 0 spiro atoms. The Balaban J connectivity index is 1.67. The highest BCUT2D eigenvalue weighted by atomic mass is 19.1. The molecule has 25 heavy (non-hydrogen) atoms. The fourth-order valence-corrected chi connectivity index (χ4v) is 2.81. The van der Waals surface area contributed by atoms with Gasteiger partial charge in [-0.3, -0.25) is 4.79 Å². The fraction of sp³-hybridized carbons (Fsp3) is 0.368. The Bertz CT molecular complexity index is 734. The van der Waals surface area contributed by atoms with Gasteiger partial charge < -0.3 is 14.5 Å². The molecule has 1 atom stereocenters. The molecular formula is C19H22FN3O2. The first-order chi connectivity index (χ1) is 12.0. The molecule has 0 saturated carbocycles. The van der Waals surface area contributed by atoms with E-state index in [1.165, 1.54) is 12.1 Å². The quantitative estimate of drug-likeness (QED) is 0.855. The fourth-order valence-electron chi connectivity index (χ4n) is 2.81. The molecule has 0 aliphatic carbocycles. The Morgan fingerprint density at radius 2 is 2.04 bits per heavy atom. The highest BCUT2D eigenvalue weighted by Gasteiger charge is 2.26. The van der Waals surface area contributed by atoms with Gasteiger partial charge in [0.2, 0.25) is 5.91 Å². The van der Waals surface area contributed by atoms with Crippen LogP contribution in [0.3, 0.4) is 0 Å². The summed E-state index contributed by atoms with van der Waals surface area (Å²) in [5, 5.41) is 0. The number of benzene rings is 1. The number of amides is 1. The van der Waals surface area contributed by atoms with E-state index in [1.807, 2.05) is 37.2 Å². The maximum Gasteiger partial charge on any atom is 0.227 e. The lowest BCUT2D eigenvalue weighted by Crippen LogP contribution is -2.43. The van der Waals surface area contributed by atoms with Crippen LogP contribution in [-0.4, -0.2) is 49.6 Å². The Hall–Kier alpha value is -2.47. The van der Waals surface area contributed by atoms with Crippen LogP contribution in [-0.2, 0) is 16.0 Å². The summed E-state index contributed by atoms with van der Waals surface area (Å²) in [6.45, 7) is 1.52. The number of ether oxygens (including phenoxy) is 1. The predicted molar refractivity (Wildman–Crippen MR) is 93.9 cm³/mol. The minimum atomic E-state index is -0.297. The molecule has 0 bridgehead atoms. The van der Waals surface area contributed by atoms with E-state index in [-0.39, 0.29) is 24.2 Å². The van der Waals surface area contributed by atoms with E-state index in [2.05, 4.69) is 4.98 Å². The molecule has 1 aliphatic rings. The van der Waals surface area contributed by atoms with E-state index in [4.69, 9.17) is 4.74 Å². The van der Waals surface area contributed by atoms with E-state index in [9.17, 15) is 9.18 Å². The van der Waals surface area contributed by atoms with Gasteiger partial charge in [0.25, 0.3) is 0 Å². The average molecular weight is 343 g/mol. The van der Waals surface area contributed by atoms with Gasteiger partial charge in [0.05, 0.1) is 25.3 Å². The minimum absolute atomic E-state index is 0.0173. The highest BCUT2D eigenvalue weighted by Crippen LogP contribution is 2.23. The van der Waals surface area contributed by atoms with E-state index < -0.39 is 0 Å². The molecule has 3 rings (SSSR count). The summed E-state index contributed by atoms with van der Waals surface area (Å²) in [7, 11) is 3.87. The van der Waals surface area contributed by atoms with Crippen LogP contribution in [0.5, 0.6) is 0 Å². The van der Waals surface area contributed by atoms with E-state index in [0.29, 0.717) is 19.7 Å². The maximum absolute atomic E-state index is 13.0. The maximum atomic E-state index is 13.0. The predicted octanol–water partition coefficient (Wildman–Crippen LogP) is 2.43. The van der Waals surface area contributed by atoms with Crippen molar-refractivity contribution in [2.45, 2.75) is 12.5 Å². The summed E-state index contributed by atoms with van der Waals surface area (Å²) in [5.74, 6) is 0.578. The van der Waals surface area contributed by atoms with E-state index in [1.54, 1.807) is 17.0 Å². The number of nitrogens with zero attached hydrogens (tertiary/aromatic N) is 3. The van der Waals surface area contributed by atoms with Crippen LogP contribution in [0.2, 0.25) is 0 Å². The van der Waals surface area contributed by atoms with Crippen molar-refractivity contribution < 1.29 is 13.9 Å². The number of rotatable bonds is 4. The first-order valence-corrected chi connectivity index (χ1v) is 8.31. The molecule has 2 heterocycles. The summed E-state index contributed by atoms with van der Waals surface area (Å²) in [6, 6.07) is 11.8. The molecule has 1 aromatic heterocycles. The summed E-state index contributed by atoms with van der Waals surface area (Å²) in [5.41, 5.74) is 1.63. The SMILES string of the molecule is CN(C)c1cccc([C@H]2CN(C(=O)Cc3ccc(F)cc3)CCO2)n1. The summed E-state index contributed by atoms with van der Waals surface area (Å²) in [6.07, 6.45) is 0.0313. The Morgan fingerprint density at radius 3 is 2.76 bits per heavy atom. The third-order valence-corrected chi connectivity index (χ3v) is 4.23. The number of carbonyl (C=O) groups is 1. The lowest BCUT2D eigenvalue weighted by molar-refractivity contribution is -0.138. The van der Waals surface area contributed by atoms with Crippen molar-refractivity contribution in [3.8, 4) is 0 Å². The zero-order valence-corrected chi connectivity index (χ0v) is 14.5.